The molecule has 2 N–H and O–H groups in total. The van der Waals surface area contributed by atoms with E-state index in [0.29, 0.717) is 19.6 Å². The summed E-state index contributed by atoms with van der Waals surface area (Å²) in [7, 11) is 0. The van der Waals surface area contributed by atoms with E-state index in [1.54, 1.807) is 0 Å². The van der Waals surface area contributed by atoms with Gasteiger partial charge in [-0.1, -0.05) is 24.3 Å². The molecule has 0 spiro atoms. The van der Waals surface area contributed by atoms with Crippen molar-refractivity contribution in [1.82, 2.24) is 5.32 Å². The van der Waals surface area contributed by atoms with Crippen LogP contribution in [-0.2, 0) is 32.2 Å². The molecule has 2 unspecified atom stereocenters. The second-order valence-corrected chi connectivity index (χ2v) is 6.45. The van der Waals surface area contributed by atoms with Crippen LogP contribution in [0.25, 0.3) is 0 Å². The number of aliphatic carboxylic acids is 1. The molecule has 1 heterocycles. The first-order valence-corrected chi connectivity index (χ1v) is 8.41. The highest BCUT2D eigenvalue weighted by Gasteiger charge is 2.48. The fourth-order valence-electron chi connectivity index (χ4n) is 2.96. The van der Waals surface area contributed by atoms with Crippen molar-refractivity contribution in [2.24, 2.45) is 11.8 Å². The fourth-order valence-corrected chi connectivity index (χ4v) is 2.96. The Morgan fingerprint density at radius 2 is 1.96 bits per heavy atom. The number of rotatable bonds is 7. The van der Waals surface area contributed by atoms with Gasteiger partial charge in [0.25, 0.3) is 0 Å². The molecule has 2 fully saturated rings. The first kappa shape index (κ1) is 16.9. The van der Waals surface area contributed by atoms with Crippen molar-refractivity contribution in [3.8, 4) is 0 Å². The van der Waals surface area contributed by atoms with Crippen molar-refractivity contribution in [1.29, 1.82) is 0 Å². The van der Waals surface area contributed by atoms with E-state index in [4.69, 9.17) is 14.6 Å². The van der Waals surface area contributed by atoms with E-state index in [9.17, 15) is 9.59 Å². The number of carbonyl (C=O) groups is 2. The van der Waals surface area contributed by atoms with Crippen LogP contribution in [0.1, 0.15) is 30.4 Å². The largest absolute Gasteiger partial charge is 0.481 e. The maximum atomic E-state index is 11.9. The Kier molecular flexibility index (Phi) is 5.48. The van der Waals surface area contributed by atoms with Crippen molar-refractivity contribution in [2.45, 2.75) is 38.5 Å². The van der Waals surface area contributed by atoms with Crippen LogP contribution in [0.4, 0.5) is 0 Å². The lowest BCUT2D eigenvalue weighted by atomic mass is 10.1. The monoisotopic (exact) mass is 333 g/mol. The van der Waals surface area contributed by atoms with Crippen molar-refractivity contribution < 1.29 is 24.2 Å². The van der Waals surface area contributed by atoms with E-state index < -0.39 is 11.9 Å². The molecule has 1 saturated heterocycles. The minimum absolute atomic E-state index is 0.175. The number of carboxylic acid groups (broad SMARTS) is 1. The molecule has 6 heteroatoms. The van der Waals surface area contributed by atoms with Crippen LogP contribution in [0.3, 0.4) is 0 Å². The number of carboxylic acids is 1. The van der Waals surface area contributed by atoms with Crippen LogP contribution in [0, 0.1) is 11.8 Å². The average Bonchev–Trinajstić information content (AvgIpc) is 3.40. The standard InChI is InChI=1S/C18H23NO5/c20-17(15-9-16(15)18(21)22)19-10-12-2-1-3-13(8-12)11-24-14-4-6-23-7-5-14/h1-3,8,14-16H,4-7,9-11H2,(H,19,20)(H,21,22). The van der Waals surface area contributed by atoms with E-state index in [1.165, 1.54) is 0 Å². The molecule has 0 aromatic heterocycles. The molecule has 6 nitrogen and oxygen atoms in total. The van der Waals surface area contributed by atoms with Gasteiger partial charge < -0.3 is 19.9 Å². The summed E-state index contributed by atoms with van der Waals surface area (Å²) < 4.78 is 11.2. The normalized spacial score (nSPS) is 23.7. The number of ether oxygens (including phenoxy) is 2. The molecule has 1 aliphatic carbocycles. The minimum atomic E-state index is -0.887. The summed E-state index contributed by atoms with van der Waals surface area (Å²) in [5.74, 6) is -1.94. The summed E-state index contributed by atoms with van der Waals surface area (Å²) >= 11 is 0. The highest BCUT2D eigenvalue weighted by molar-refractivity contribution is 5.89. The van der Waals surface area contributed by atoms with Gasteiger partial charge in [-0.25, -0.2) is 0 Å². The number of benzene rings is 1. The minimum Gasteiger partial charge on any atom is -0.481 e. The molecule has 2 aliphatic rings. The van der Waals surface area contributed by atoms with Crippen molar-refractivity contribution in [3.05, 3.63) is 35.4 Å². The maximum absolute atomic E-state index is 11.9. The highest BCUT2D eigenvalue weighted by Crippen LogP contribution is 2.38. The molecule has 24 heavy (non-hydrogen) atoms. The quantitative estimate of drug-likeness (QED) is 0.794. The molecule has 0 bridgehead atoms. The summed E-state index contributed by atoms with van der Waals surface area (Å²) in [5, 5.41) is 11.7. The van der Waals surface area contributed by atoms with Gasteiger partial charge in [0.05, 0.1) is 24.5 Å². The lowest BCUT2D eigenvalue weighted by Gasteiger charge is -2.22. The van der Waals surface area contributed by atoms with Crippen LogP contribution in [0.15, 0.2) is 24.3 Å². The van der Waals surface area contributed by atoms with Crippen LogP contribution >= 0.6 is 0 Å². The SMILES string of the molecule is O=C(O)C1CC1C(=O)NCc1cccc(COC2CCOCC2)c1. The molecular weight excluding hydrogens is 310 g/mol. The Morgan fingerprint density at radius 1 is 1.21 bits per heavy atom. The van der Waals surface area contributed by atoms with Crippen LogP contribution in [0.2, 0.25) is 0 Å². The van der Waals surface area contributed by atoms with Crippen molar-refractivity contribution in [2.75, 3.05) is 13.2 Å². The van der Waals surface area contributed by atoms with E-state index >= 15 is 0 Å². The third-order valence-electron chi connectivity index (χ3n) is 4.56. The Bertz CT molecular complexity index is 597. The zero-order valence-corrected chi connectivity index (χ0v) is 13.6. The first-order chi connectivity index (χ1) is 11.6. The van der Waals surface area contributed by atoms with Gasteiger partial charge in [-0.05, 0) is 30.4 Å². The van der Waals surface area contributed by atoms with Gasteiger partial charge in [0.2, 0.25) is 5.91 Å². The zero-order chi connectivity index (χ0) is 16.9. The number of carbonyl (C=O) groups excluding carboxylic acids is 1. The third kappa shape index (κ3) is 4.55. The van der Waals surface area contributed by atoms with E-state index in [-0.39, 0.29) is 17.9 Å². The molecule has 1 saturated carbocycles. The van der Waals surface area contributed by atoms with Gasteiger partial charge in [0.15, 0.2) is 0 Å². The summed E-state index contributed by atoms with van der Waals surface area (Å²) in [6.45, 7) is 2.48. The fraction of sp³-hybridized carbons (Fsp3) is 0.556. The lowest BCUT2D eigenvalue weighted by Crippen LogP contribution is -2.26. The zero-order valence-electron chi connectivity index (χ0n) is 13.6. The van der Waals surface area contributed by atoms with Gasteiger partial charge >= 0.3 is 5.97 Å². The van der Waals surface area contributed by atoms with Crippen molar-refractivity contribution in [3.63, 3.8) is 0 Å². The van der Waals surface area contributed by atoms with Gasteiger partial charge in [-0.15, -0.1) is 0 Å². The van der Waals surface area contributed by atoms with Crippen LogP contribution in [-0.4, -0.2) is 36.3 Å². The van der Waals surface area contributed by atoms with Crippen LogP contribution in [0.5, 0.6) is 0 Å². The molecule has 130 valence electrons. The number of hydrogen-bond acceptors (Lipinski definition) is 4. The number of hydrogen-bond donors (Lipinski definition) is 2. The topological polar surface area (TPSA) is 84.9 Å². The number of amides is 1. The number of nitrogens with one attached hydrogen (secondary N) is 1. The van der Waals surface area contributed by atoms with Gasteiger partial charge in [-0.2, -0.15) is 0 Å². The highest BCUT2D eigenvalue weighted by atomic mass is 16.5. The predicted octanol–water partition coefficient (Wildman–Crippen LogP) is 1.72. The van der Waals surface area contributed by atoms with E-state index in [1.807, 2.05) is 24.3 Å². The Hall–Kier alpha value is -1.92. The second kappa shape index (κ2) is 7.77. The van der Waals surface area contributed by atoms with Gasteiger partial charge in [0.1, 0.15) is 0 Å². The molecule has 3 rings (SSSR count). The van der Waals surface area contributed by atoms with E-state index in [0.717, 1.165) is 37.2 Å². The summed E-state index contributed by atoms with van der Waals surface area (Å²) in [6.07, 6.45) is 2.56. The van der Waals surface area contributed by atoms with Crippen LogP contribution < -0.4 is 5.32 Å². The molecule has 2 atom stereocenters. The summed E-state index contributed by atoms with van der Waals surface area (Å²) in [4.78, 5) is 22.7. The molecule has 0 radical (unpaired) electrons. The molecule has 1 aliphatic heterocycles. The molecular formula is C18H23NO5. The predicted molar refractivity (Wildman–Crippen MR) is 86.2 cm³/mol. The van der Waals surface area contributed by atoms with Crippen molar-refractivity contribution >= 4 is 11.9 Å². The second-order valence-electron chi connectivity index (χ2n) is 6.45. The van der Waals surface area contributed by atoms with Gasteiger partial charge in [0, 0.05) is 19.8 Å². The Balaban J connectivity index is 1.44. The lowest BCUT2D eigenvalue weighted by molar-refractivity contribution is -0.140. The molecule has 1 aromatic carbocycles. The molecule has 1 amide bonds. The smallest absolute Gasteiger partial charge is 0.307 e. The average molecular weight is 333 g/mol. The maximum Gasteiger partial charge on any atom is 0.307 e. The third-order valence-corrected chi connectivity index (χ3v) is 4.56. The van der Waals surface area contributed by atoms with Gasteiger partial charge in [-0.3, -0.25) is 9.59 Å². The Labute approximate surface area is 141 Å². The first-order valence-electron chi connectivity index (χ1n) is 8.41. The molecule has 1 aromatic rings. The van der Waals surface area contributed by atoms with E-state index in [2.05, 4.69) is 5.32 Å². The summed E-state index contributed by atoms with van der Waals surface area (Å²) in [6, 6.07) is 7.91. The Morgan fingerprint density at radius 3 is 2.67 bits per heavy atom. The summed E-state index contributed by atoms with van der Waals surface area (Å²) in [5.41, 5.74) is 2.06.